The van der Waals surface area contributed by atoms with Crippen LogP contribution in [-0.4, -0.2) is 38.5 Å². The second kappa shape index (κ2) is 8.12. The summed E-state index contributed by atoms with van der Waals surface area (Å²) in [5, 5.41) is 14.5. The Morgan fingerprint density at radius 1 is 1.09 bits per heavy atom. The molecule has 5 nitrogen and oxygen atoms in total. The van der Waals surface area contributed by atoms with Gasteiger partial charge in [-0.3, -0.25) is 4.90 Å². The molecule has 0 aliphatic carbocycles. The molecular weight excluding hydrogens is 398 g/mol. The molecule has 3 aromatic rings. The lowest BCUT2D eigenvalue weighted by Gasteiger charge is -2.35. The Labute approximate surface area is 189 Å². The van der Waals surface area contributed by atoms with Gasteiger partial charge in [0, 0.05) is 36.2 Å². The van der Waals surface area contributed by atoms with Crippen molar-refractivity contribution in [2.24, 2.45) is 0 Å². The minimum absolute atomic E-state index is 0.422. The van der Waals surface area contributed by atoms with Crippen LogP contribution >= 0.6 is 0 Å². The summed E-state index contributed by atoms with van der Waals surface area (Å²) in [5.41, 5.74) is 5.04. The van der Waals surface area contributed by atoms with Crippen LogP contribution < -0.4 is 4.74 Å². The van der Waals surface area contributed by atoms with Crippen LogP contribution in [0.2, 0.25) is 0 Å². The van der Waals surface area contributed by atoms with Crippen LogP contribution in [0.15, 0.2) is 54.7 Å². The Bertz CT molecular complexity index is 1160. The van der Waals surface area contributed by atoms with Gasteiger partial charge in [-0.2, -0.15) is 5.10 Å². The van der Waals surface area contributed by atoms with E-state index in [-0.39, 0.29) is 0 Å². The predicted molar refractivity (Wildman–Crippen MR) is 125 cm³/mol. The van der Waals surface area contributed by atoms with E-state index in [0.717, 1.165) is 30.0 Å². The maximum absolute atomic E-state index is 9.80. The second-order valence-corrected chi connectivity index (χ2v) is 9.29. The monoisotopic (exact) mass is 427 g/mol. The molecule has 1 aromatic heterocycles. The largest absolute Gasteiger partial charge is 0.497 e. The van der Waals surface area contributed by atoms with Crippen LogP contribution in [0, 0.1) is 11.8 Å². The fourth-order valence-electron chi connectivity index (χ4n) is 4.90. The van der Waals surface area contributed by atoms with E-state index in [4.69, 9.17) is 9.84 Å². The fraction of sp³-hybridized carbons (Fsp3) is 0.370. The smallest absolute Gasteiger partial charge is 0.120 e. The van der Waals surface area contributed by atoms with Gasteiger partial charge < -0.3 is 9.84 Å². The first kappa shape index (κ1) is 20.8. The SMILES string of the molecule is COc1ccc(-n2ncc3c2C[C@H]2CC[C@H]3N2Cc2ccc(C#CC(C)(C)O)cc2)cc1. The van der Waals surface area contributed by atoms with E-state index in [1.165, 1.54) is 29.7 Å². The summed E-state index contributed by atoms with van der Waals surface area (Å²) in [6, 6.07) is 17.5. The molecular formula is C27H29N3O2. The number of ether oxygens (including phenoxy) is 1. The standard InChI is InChI=1S/C27H29N3O2/c1-27(2,31)15-14-19-4-6-20(7-5-19)18-29-22-10-13-25(29)24-17-28-30(26(24)16-22)21-8-11-23(32-3)12-9-21/h4-9,11-12,17,22,25,31H,10,13,16,18H2,1-3H3/t22-,25-/m1/s1. The maximum Gasteiger partial charge on any atom is 0.120 e. The Balaban J connectivity index is 1.35. The molecule has 5 rings (SSSR count). The van der Waals surface area contributed by atoms with Gasteiger partial charge in [0.2, 0.25) is 0 Å². The minimum Gasteiger partial charge on any atom is -0.497 e. The van der Waals surface area contributed by atoms with Crippen LogP contribution in [0.4, 0.5) is 0 Å². The molecule has 2 aliphatic rings. The minimum atomic E-state index is -0.973. The third-order valence-electron chi connectivity index (χ3n) is 6.48. The number of aliphatic hydroxyl groups is 1. The molecule has 0 saturated carbocycles. The summed E-state index contributed by atoms with van der Waals surface area (Å²) in [4.78, 5) is 2.64. The Morgan fingerprint density at radius 3 is 2.53 bits per heavy atom. The van der Waals surface area contributed by atoms with Gasteiger partial charge in [0.25, 0.3) is 0 Å². The number of nitrogens with zero attached hydrogens (tertiary/aromatic N) is 3. The van der Waals surface area contributed by atoms with Gasteiger partial charge in [0.1, 0.15) is 11.4 Å². The number of hydrogen-bond acceptors (Lipinski definition) is 4. The average molecular weight is 428 g/mol. The van der Waals surface area contributed by atoms with Crippen molar-refractivity contribution in [2.45, 2.75) is 57.3 Å². The molecule has 0 radical (unpaired) electrons. The number of hydrogen-bond donors (Lipinski definition) is 1. The van der Waals surface area contributed by atoms with Crippen molar-refractivity contribution in [1.29, 1.82) is 0 Å². The van der Waals surface area contributed by atoms with Gasteiger partial charge in [0.15, 0.2) is 0 Å². The van der Waals surface area contributed by atoms with Crippen molar-refractivity contribution in [3.8, 4) is 23.3 Å². The van der Waals surface area contributed by atoms with Crippen LogP contribution in [0.3, 0.4) is 0 Å². The summed E-state index contributed by atoms with van der Waals surface area (Å²) >= 11 is 0. The Kier molecular flexibility index (Phi) is 5.28. The third-order valence-corrected chi connectivity index (χ3v) is 6.48. The van der Waals surface area contributed by atoms with E-state index in [1.54, 1.807) is 21.0 Å². The van der Waals surface area contributed by atoms with Crippen molar-refractivity contribution >= 4 is 0 Å². The molecule has 32 heavy (non-hydrogen) atoms. The highest BCUT2D eigenvalue weighted by atomic mass is 16.5. The Hall–Kier alpha value is -3.07. The highest BCUT2D eigenvalue weighted by Crippen LogP contribution is 2.44. The highest BCUT2D eigenvalue weighted by molar-refractivity contribution is 5.42. The van der Waals surface area contributed by atoms with E-state index < -0.39 is 5.60 Å². The maximum atomic E-state index is 9.80. The molecule has 0 spiro atoms. The van der Waals surface area contributed by atoms with Crippen LogP contribution in [0.25, 0.3) is 5.69 Å². The average Bonchev–Trinajstić information content (AvgIpc) is 3.33. The van der Waals surface area contributed by atoms with Gasteiger partial charge in [-0.15, -0.1) is 0 Å². The lowest BCUT2D eigenvalue weighted by atomic mass is 9.98. The molecule has 0 amide bonds. The summed E-state index contributed by atoms with van der Waals surface area (Å²) in [5.74, 6) is 6.79. The Morgan fingerprint density at radius 2 is 1.84 bits per heavy atom. The van der Waals surface area contributed by atoms with Gasteiger partial charge in [-0.1, -0.05) is 24.0 Å². The summed E-state index contributed by atoms with van der Waals surface area (Å²) < 4.78 is 7.40. The molecule has 1 N–H and O–H groups in total. The molecule has 1 fully saturated rings. The zero-order valence-corrected chi connectivity index (χ0v) is 18.9. The molecule has 1 saturated heterocycles. The molecule has 0 unspecified atom stereocenters. The molecule has 2 aromatic carbocycles. The van der Waals surface area contributed by atoms with Gasteiger partial charge >= 0.3 is 0 Å². The van der Waals surface area contributed by atoms with E-state index in [2.05, 4.69) is 51.9 Å². The van der Waals surface area contributed by atoms with Crippen LogP contribution in [0.5, 0.6) is 5.75 Å². The normalized spacial score (nSPS) is 19.9. The van der Waals surface area contributed by atoms with E-state index in [0.29, 0.717) is 12.1 Å². The lowest BCUT2D eigenvalue weighted by molar-refractivity contribution is 0.143. The zero-order chi connectivity index (χ0) is 22.3. The predicted octanol–water partition coefficient (Wildman–Crippen LogP) is 4.27. The van der Waals surface area contributed by atoms with Gasteiger partial charge in [0.05, 0.1) is 24.7 Å². The van der Waals surface area contributed by atoms with Crippen molar-refractivity contribution < 1.29 is 9.84 Å². The van der Waals surface area contributed by atoms with E-state index >= 15 is 0 Å². The summed E-state index contributed by atoms with van der Waals surface area (Å²) in [6.45, 7) is 4.33. The molecule has 2 bridgehead atoms. The first-order valence-corrected chi connectivity index (χ1v) is 11.2. The molecule has 164 valence electrons. The van der Waals surface area contributed by atoms with Crippen molar-refractivity contribution in [1.82, 2.24) is 14.7 Å². The van der Waals surface area contributed by atoms with E-state index in [9.17, 15) is 5.11 Å². The first-order valence-electron chi connectivity index (χ1n) is 11.2. The number of aromatic nitrogens is 2. The van der Waals surface area contributed by atoms with Crippen molar-refractivity contribution in [3.05, 3.63) is 77.1 Å². The van der Waals surface area contributed by atoms with E-state index in [1.807, 2.05) is 24.3 Å². The topological polar surface area (TPSA) is 50.5 Å². The summed E-state index contributed by atoms with van der Waals surface area (Å²) in [7, 11) is 1.69. The highest BCUT2D eigenvalue weighted by Gasteiger charge is 2.41. The van der Waals surface area contributed by atoms with Gasteiger partial charge in [-0.05, 0) is 68.7 Å². The molecule has 5 heteroatoms. The number of benzene rings is 2. The second-order valence-electron chi connectivity index (χ2n) is 9.29. The number of rotatable bonds is 4. The third kappa shape index (κ3) is 4.04. The molecule has 2 atom stereocenters. The number of methoxy groups -OCH3 is 1. The lowest BCUT2D eigenvalue weighted by Crippen LogP contribution is -2.37. The number of fused-ring (bicyclic) bond motifs is 4. The van der Waals surface area contributed by atoms with Crippen molar-refractivity contribution in [2.75, 3.05) is 7.11 Å². The molecule has 2 aliphatic heterocycles. The van der Waals surface area contributed by atoms with Gasteiger partial charge in [-0.25, -0.2) is 4.68 Å². The van der Waals surface area contributed by atoms with Crippen LogP contribution in [-0.2, 0) is 13.0 Å². The quantitative estimate of drug-likeness (QED) is 0.632. The summed E-state index contributed by atoms with van der Waals surface area (Å²) in [6.07, 6.45) is 5.49. The van der Waals surface area contributed by atoms with Crippen LogP contribution in [0.1, 0.15) is 55.1 Å². The van der Waals surface area contributed by atoms with Crippen molar-refractivity contribution in [3.63, 3.8) is 0 Å². The fourth-order valence-corrected chi connectivity index (χ4v) is 4.90. The zero-order valence-electron chi connectivity index (χ0n) is 18.9. The molecule has 3 heterocycles. The first-order chi connectivity index (χ1) is 15.4.